The summed E-state index contributed by atoms with van der Waals surface area (Å²) in [5, 5.41) is 0. The number of carbonyl (C=O) groups is 1. The molecule has 0 bridgehead atoms. The van der Waals surface area contributed by atoms with E-state index in [-0.39, 0.29) is 5.41 Å². The van der Waals surface area contributed by atoms with Crippen LogP contribution in [0.4, 0.5) is 0 Å². The number of methoxy groups -OCH3 is 1. The fraction of sp³-hybridized carbons (Fsp3) is 0.929. The number of likely N-dealkylation sites (tertiary alicyclic amines) is 1. The summed E-state index contributed by atoms with van der Waals surface area (Å²) >= 11 is 0. The summed E-state index contributed by atoms with van der Waals surface area (Å²) in [4.78, 5) is 13.7. The van der Waals surface area contributed by atoms with E-state index in [0.717, 1.165) is 38.8 Å². The van der Waals surface area contributed by atoms with Crippen molar-refractivity contribution in [3.05, 3.63) is 0 Å². The van der Waals surface area contributed by atoms with Crippen molar-refractivity contribution in [1.29, 1.82) is 0 Å². The summed E-state index contributed by atoms with van der Waals surface area (Å²) < 4.78 is 5.52. The smallest absolute Gasteiger partial charge is 0.127 e. The third kappa shape index (κ3) is 3.52. The normalized spacial score (nSPS) is 27.1. The van der Waals surface area contributed by atoms with Crippen molar-refractivity contribution in [2.75, 3.05) is 26.7 Å². The first-order chi connectivity index (χ1) is 8.10. The van der Waals surface area contributed by atoms with Gasteiger partial charge in [-0.25, -0.2) is 0 Å². The van der Waals surface area contributed by atoms with Crippen LogP contribution in [0.3, 0.4) is 0 Å². The summed E-state index contributed by atoms with van der Waals surface area (Å²) in [6, 6.07) is 0. The van der Waals surface area contributed by atoms with Gasteiger partial charge in [-0.1, -0.05) is 20.8 Å². The summed E-state index contributed by atoms with van der Waals surface area (Å²) in [6.07, 6.45) is 4.50. The van der Waals surface area contributed by atoms with E-state index in [1.165, 1.54) is 6.42 Å². The second-order valence-corrected chi connectivity index (χ2v) is 5.46. The minimum Gasteiger partial charge on any atom is -0.380 e. The molecule has 1 heterocycles. The van der Waals surface area contributed by atoms with Crippen LogP contribution >= 0.6 is 0 Å². The Morgan fingerprint density at radius 2 is 2.06 bits per heavy atom. The van der Waals surface area contributed by atoms with E-state index in [0.29, 0.717) is 12.0 Å². The van der Waals surface area contributed by atoms with E-state index in [9.17, 15) is 4.79 Å². The van der Waals surface area contributed by atoms with Gasteiger partial charge in [0.25, 0.3) is 0 Å². The number of aldehydes is 1. The molecule has 1 rings (SSSR count). The quantitative estimate of drug-likeness (QED) is 0.669. The van der Waals surface area contributed by atoms with Crippen molar-refractivity contribution >= 4 is 6.29 Å². The van der Waals surface area contributed by atoms with Gasteiger partial charge in [-0.15, -0.1) is 0 Å². The van der Waals surface area contributed by atoms with Crippen molar-refractivity contribution < 1.29 is 9.53 Å². The lowest BCUT2D eigenvalue weighted by atomic mass is 9.82. The molecule has 1 saturated heterocycles. The molecule has 1 aliphatic heterocycles. The third-order valence-corrected chi connectivity index (χ3v) is 4.47. The Morgan fingerprint density at radius 1 is 1.41 bits per heavy atom. The van der Waals surface area contributed by atoms with Crippen LogP contribution in [0, 0.1) is 11.3 Å². The molecule has 2 atom stereocenters. The molecule has 0 aliphatic carbocycles. The molecule has 0 aromatic rings. The molecule has 0 radical (unpaired) electrons. The van der Waals surface area contributed by atoms with Gasteiger partial charge in [-0.3, -0.25) is 4.90 Å². The maximum Gasteiger partial charge on any atom is 0.127 e. The van der Waals surface area contributed by atoms with Gasteiger partial charge in [0.1, 0.15) is 6.29 Å². The Kier molecular flexibility index (Phi) is 5.60. The predicted molar refractivity (Wildman–Crippen MR) is 70.1 cm³/mol. The standard InChI is InChI=1S/C14H27NO2/c1-5-14(6-2,11-16)10-15-8-7-12(3)13(9-15)17-4/h11-13H,5-10H2,1-4H3. The van der Waals surface area contributed by atoms with Crippen LogP contribution in [0.1, 0.15) is 40.0 Å². The molecule has 0 saturated carbocycles. The maximum absolute atomic E-state index is 11.3. The predicted octanol–water partition coefficient (Wildman–Crippen LogP) is 2.35. The molecule has 0 aromatic heterocycles. The second kappa shape index (κ2) is 6.50. The first kappa shape index (κ1) is 14.7. The zero-order valence-corrected chi connectivity index (χ0v) is 11.7. The van der Waals surface area contributed by atoms with Crippen molar-refractivity contribution in [2.24, 2.45) is 11.3 Å². The van der Waals surface area contributed by atoms with E-state index in [4.69, 9.17) is 4.74 Å². The Hall–Kier alpha value is -0.410. The Bertz CT molecular complexity index is 238. The van der Waals surface area contributed by atoms with E-state index >= 15 is 0 Å². The minimum atomic E-state index is -0.154. The van der Waals surface area contributed by atoms with Gasteiger partial charge in [0, 0.05) is 25.6 Å². The third-order valence-electron chi connectivity index (χ3n) is 4.47. The number of hydrogen-bond donors (Lipinski definition) is 0. The number of piperidine rings is 1. The van der Waals surface area contributed by atoms with E-state index < -0.39 is 0 Å². The van der Waals surface area contributed by atoms with Crippen LogP contribution in [0.5, 0.6) is 0 Å². The van der Waals surface area contributed by atoms with Gasteiger partial charge in [0.15, 0.2) is 0 Å². The van der Waals surface area contributed by atoms with Crippen molar-refractivity contribution in [3.63, 3.8) is 0 Å². The number of rotatable bonds is 6. The first-order valence-electron chi connectivity index (χ1n) is 6.82. The van der Waals surface area contributed by atoms with Gasteiger partial charge < -0.3 is 9.53 Å². The number of ether oxygens (including phenoxy) is 1. The molecule has 0 amide bonds. The minimum absolute atomic E-state index is 0.154. The zero-order chi connectivity index (χ0) is 12.9. The van der Waals surface area contributed by atoms with Gasteiger partial charge in [0.2, 0.25) is 0 Å². The monoisotopic (exact) mass is 241 g/mol. The number of carbonyl (C=O) groups excluding carboxylic acids is 1. The Balaban J connectivity index is 2.59. The molecule has 1 aliphatic rings. The molecule has 3 heteroatoms. The lowest BCUT2D eigenvalue weighted by Crippen LogP contribution is -2.48. The average Bonchev–Trinajstić information content (AvgIpc) is 2.38. The second-order valence-electron chi connectivity index (χ2n) is 5.46. The van der Waals surface area contributed by atoms with Crippen molar-refractivity contribution in [2.45, 2.75) is 46.1 Å². The molecule has 17 heavy (non-hydrogen) atoms. The van der Waals surface area contributed by atoms with Gasteiger partial charge >= 0.3 is 0 Å². The van der Waals surface area contributed by atoms with Crippen LogP contribution in [-0.4, -0.2) is 44.0 Å². The topological polar surface area (TPSA) is 29.5 Å². The molecule has 2 unspecified atom stereocenters. The Labute approximate surface area is 106 Å². The molecule has 3 nitrogen and oxygen atoms in total. The zero-order valence-electron chi connectivity index (χ0n) is 11.7. The van der Waals surface area contributed by atoms with E-state index in [1.54, 1.807) is 7.11 Å². The van der Waals surface area contributed by atoms with Gasteiger partial charge in [-0.05, 0) is 31.7 Å². The molecule has 1 fully saturated rings. The first-order valence-corrected chi connectivity index (χ1v) is 6.82. The largest absolute Gasteiger partial charge is 0.380 e. The van der Waals surface area contributed by atoms with Crippen LogP contribution in [0.15, 0.2) is 0 Å². The molecule has 0 aromatic carbocycles. The molecule has 0 spiro atoms. The lowest BCUT2D eigenvalue weighted by molar-refractivity contribution is -0.118. The summed E-state index contributed by atoms with van der Waals surface area (Å²) in [7, 11) is 1.79. The summed E-state index contributed by atoms with van der Waals surface area (Å²) in [5.74, 6) is 0.630. The van der Waals surface area contributed by atoms with Crippen LogP contribution in [0.2, 0.25) is 0 Å². The molecule has 0 N–H and O–H groups in total. The van der Waals surface area contributed by atoms with E-state index in [1.807, 2.05) is 0 Å². The van der Waals surface area contributed by atoms with Crippen molar-refractivity contribution in [3.8, 4) is 0 Å². The van der Waals surface area contributed by atoms with E-state index in [2.05, 4.69) is 25.7 Å². The van der Waals surface area contributed by atoms with Crippen LogP contribution in [-0.2, 0) is 9.53 Å². The number of nitrogens with zero attached hydrogens (tertiary/aromatic N) is 1. The highest BCUT2D eigenvalue weighted by atomic mass is 16.5. The van der Waals surface area contributed by atoms with Crippen molar-refractivity contribution in [1.82, 2.24) is 4.90 Å². The van der Waals surface area contributed by atoms with Gasteiger partial charge in [-0.2, -0.15) is 0 Å². The highest BCUT2D eigenvalue weighted by Gasteiger charge is 2.32. The summed E-state index contributed by atoms with van der Waals surface area (Å²) in [5.41, 5.74) is -0.154. The fourth-order valence-corrected chi connectivity index (χ4v) is 2.67. The SMILES string of the molecule is CCC(C=O)(CC)CN1CCC(C)C(OC)C1. The summed E-state index contributed by atoms with van der Waals surface area (Å²) in [6.45, 7) is 9.41. The lowest BCUT2D eigenvalue weighted by Gasteiger charge is -2.40. The molecule has 100 valence electrons. The Morgan fingerprint density at radius 3 is 2.53 bits per heavy atom. The average molecular weight is 241 g/mol. The highest BCUT2D eigenvalue weighted by Crippen LogP contribution is 2.28. The van der Waals surface area contributed by atoms with Gasteiger partial charge in [0.05, 0.1) is 6.10 Å². The fourth-order valence-electron chi connectivity index (χ4n) is 2.67. The molecular formula is C14H27NO2. The number of hydrogen-bond acceptors (Lipinski definition) is 3. The molecular weight excluding hydrogens is 214 g/mol. The highest BCUT2D eigenvalue weighted by molar-refractivity contribution is 5.59. The maximum atomic E-state index is 11.3. The van der Waals surface area contributed by atoms with Crippen LogP contribution in [0.25, 0.3) is 0 Å². The van der Waals surface area contributed by atoms with Crippen LogP contribution < -0.4 is 0 Å².